The standard InChI is InChI=1S/C15H24O4/c1-2-12(16-8-15-9-19-15)4-11(5-14-7-18-14)10(1)3-13-6-17-13/h10-15H,1-9H2. The average molecular weight is 268 g/mol. The molecule has 0 aromatic heterocycles. The number of hydrogen-bond acceptors (Lipinski definition) is 4. The van der Waals surface area contributed by atoms with Crippen LogP contribution in [0, 0.1) is 11.8 Å². The van der Waals surface area contributed by atoms with Gasteiger partial charge >= 0.3 is 0 Å². The first-order valence-corrected chi connectivity index (χ1v) is 7.83. The van der Waals surface area contributed by atoms with Crippen LogP contribution in [0.5, 0.6) is 0 Å². The number of rotatable bonds is 7. The quantitative estimate of drug-likeness (QED) is 0.660. The van der Waals surface area contributed by atoms with Crippen LogP contribution in [-0.2, 0) is 18.9 Å². The van der Waals surface area contributed by atoms with E-state index in [4.69, 9.17) is 18.9 Å². The number of ether oxygens (including phenoxy) is 4. The van der Waals surface area contributed by atoms with Gasteiger partial charge < -0.3 is 18.9 Å². The van der Waals surface area contributed by atoms with E-state index in [1.165, 1.54) is 32.1 Å². The molecule has 108 valence electrons. The molecule has 3 heterocycles. The van der Waals surface area contributed by atoms with Gasteiger partial charge in [-0.05, 0) is 43.9 Å². The Morgan fingerprint density at radius 1 is 0.789 bits per heavy atom. The minimum absolute atomic E-state index is 0.391. The van der Waals surface area contributed by atoms with E-state index in [1.807, 2.05) is 0 Å². The summed E-state index contributed by atoms with van der Waals surface area (Å²) in [4.78, 5) is 0. The van der Waals surface area contributed by atoms with Gasteiger partial charge in [0.05, 0.1) is 44.7 Å². The molecule has 0 amide bonds. The van der Waals surface area contributed by atoms with Crippen molar-refractivity contribution in [2.24, 2.45) is 11.8 Å². The summed E-state index contributed by atoms with van der Waals surface area (Å²) in [5.74, 6) is 1.60. The van der Waals surface area contributed by atoms with E-state index in [0.29, 0.717) is 24.4 Å². The fraction of sp³-hybridized carbons (Fsp3) is 1.00. The Kier molecular flexibility index (Phi) is 3.52. The van der Waals surface area contributed by atoms with Gasteiger partial charge in [-0.15, -0.1) is 0 Å². The molecule has 4 fully saturated rings. The second-order valence-electron chi connectivity index (χ2n) is 6.63. The molecule has 0 aromatic carbocycles. The van der Waals surface area contributed by atoms with Crippen LogP contribution in [0.3, 0.4) is 0 Å². The van der Waals surface area contributed by atoms with Crippen molar-refractivity contribution >= 4 is 0 Å². The molecule has 4 heteroatoms. The second kappa shape index (κ2) is 5.32. The van der Waals surface area contributed by atoms with Crippen LogP contribution in [0.25, 0.3) is 0 Å². The summed E-state index contributed by atoms with van der Waals surface area (Å²) in [5, 5.41) is 0. The van der Waals surface area contributed by atoms with Crippen molar-refractivity contribution in [3.63, 3.8) is 0 Å². The van der Waals surface area contributed by atoms with Gasteiger partial charge in [-0.3, -0.25) is 0 Å². The molecule has 4 aliphatic rings. The zero-order valence-electron chi connectivity index (χ0n) is 11.5. The molecule has 4 nitrogen and oxygen atoms in total. The number of hydrogen-bond donors (Lipinski definition) is 0. The molecular weight excluding hydrogens is 244 g/mol. The third-order valence-electron chi connectivity index (χ3n) is 4.95. The predicted octanol–water partition coefficient (Wildman–Crippen LogP) is 1.76. The molecule has 6 unspecified atom stereocenters. The first kappa shape index (κ1) is 12.6. The average Bonchev–Trinajstić information content (AvgIpc) is 3.25. The Morgan fingerprint density at radius 2 is 1.42 bits per heavy atom. The second-order valence-corrected chi connectivity index (χ2v) is 6.63. The van der Waals surface area contributed by atoms with Gasteiger partial charge in [-0.1, -0.05) is 0 Å². The number of epoxide rings is 3. The fourth-order valence-electron chi connectivity index (χ4n) is 3.53. The Balaban J connectivity index is 1.29. The zero-order valence-corrected chi connectivity index (χ0v) is 11.5. The minimum Gasteiger partial charge on any atom is -0.375 e. The van der Waals surface area contributed by atoms with Gasteiger partial charge in [-0.2, -0.15) is 0 Å². The van der Waals surface area contributed by atoms with E-state index in [-0.39, 0.29) is 0 Å². The molecule has 3 saturated heterocycles. The summed E-state index contributed by atoms with van der Waals surface area (Å²) in [5.41, 5.74) is 0. The van der Waals surface area contributed by atoms with E-state index >= 15 is 0 Å². The van der Waals surface area contributed by atoms with Crippen molar-refractivity contribution in [3.05, 3.63) is 0 Å². The van der Waals surface area contributed by atoms with Crippen molar-refractivity contribution in [3.8, 4) is 0 Å². The van der Waals surface area contributed by atoms with Crippen LogP contribution >= 0.6 is 0 Å². The van der Waals surface area contributed by atoms with Gasteiger partial charge in [0.1, 0.15) is 6.10 Å². The van der Waals surface area contributed by atoms with Crippen LogP contribution in [0.2, 0.25) is 0 Å². The first-order valence-electron chi connectivity index (χ1n) is 7.83. The van der Waals surface area contributed by atoms with Gasteiger partial charge in [0.25, 0.3) is 0 Å². The zero-order chi connectivity index (χ0) is 12.7. The summed E-state index contributed by atoms with van der Waals surface area (Å²) in [6.45, 7) is 3.66. The van der Waals surface area contributed by atoms with Crippen LogP contribution in [0.15, 0.2) is 0 Å². The summed E-state index contributed by atoms with van der Waals surface area (Å²) >= 11 is 0. The summed E-state index contributed by atoms with van der Waals surface area (Å²) < 4.78 is 22.1. The highest BCUT2D eigenvalue weighted by atomic mass is 16.6. The minimum atomic E-state index is 0.391. The van der Waals surface area contributed by atoms with E-state index < -0.39 is 0 Å². The van der Waals surface area contributed by atoms with Crippen molar-refractivity contribution in [1.82, 2.24) is 0 Å². The van der Waals surface area contributed by atoms with Crippen LogP contribution in [-0.4, -0.2) is 50.8 Å². The molecule has 6 atom stereocenters. The molecule has 3 aliphatic heterocycles. The third-order valence-corrected chi connectivity index (χ3v) is 4.95. The van der Waals surface area contributed by atoms with Crippen LogP contribution in [0.4, 0.5) is 0 Å². The van der Waals surface area contributed by atoms with E-state index in [1.54, 1.807) is 0 Å². The van der Waals surface area contributed by atoms with Crippen molar-refractivity contribution in [2.45, 2.75) is 56.5 Å². The lowest BCUT2D eigenvalue weighted by Crippen LogP contribution is -2.32. The smallest absolute Gasteiger partial charge is 0.104 e. The van der Waals surface area contributed by atoms with Crippen molar-refractivity contribution in [1.29, 1.82) is 0 Å². The summed E-state index contributed by atoms with van der Waals surface area (Å²) in [6, 6.07) is 0. The maximum atomic E-state index is 6.01. The molecule has 19 heavy (non-hydrogen) atoms. The normalized spacial score (nSPS) is 48.0. The Bertz CT molecular complexity index is 309. The largest absolute Gasteiger partial charge is 0.375 e. The lowest BCUT2D eigenvalue weighted by Gasteiger charge is -2.36. The molecule has 1 aliphatic carbocycles. The topological polar surface area (TPSA) is 46.8 Å². The van der Waals surface area contributed by atoms with Gasteiger partial charge in [0.15, 0.2) is 0 Å². The molecular formula is C15H24O4. The molecule has 4 rings (SSSR count). The lowest BCUT2D eigenvalue weighted by atomic mass is 9.73. The Labute approximate surface area is 114 Å². The molecule has 0 radical (unpaired) electrons. The highest BCUT2D eigenvalue weighted by molar-refractivity contribution is 4.88. The molecule has 0 bridgehead atoms. The third kappa shape index (κ3) is 3.69. The maximum Gasteiger partial charge on any atom is 0.104 e. The Hall–Kier alpha value is -0.160. The molecule has 0 aromatic rings. The summed E-state index contributed by atoms with van der Waals surface area (Å²) in [7, 11) is 0. The molecule has 0 N–H and O–H groups in total. The highest BCUT2D eigenvalue weighted by Gasteiger charge is 2.39. The molecule has 0 spiro atoms. The summed E-state index contributed by atoms with van der Waals surface area (Å²) in [6.07, 6.45) is 8.16. The van der Waals surface area contributed by atoms with Crippen molar-refractivity contribution in [2.75, 3.05) is 26.4 Å². The van der Waals surface area contributed by atoms with Gasteiger partial charge in [-0.25, -0.2) is 0 Å². The predicted molar refractivity (Wildman–Crippen MR) is 69.0 cm³/mol. The Morgan fingerprint density at radius 3 is 2.05 bits per heavy atom. The van der Waals surface area contributed by atoms with E-state index in [2.05, 4.69) is 0 Å². The lowest BCUT2D eigenvalue weighted by molar-refractivity contribution is -0.0146. The monoisotopic (exact) mass is 268 g/mol. The van der Waals surface area contributed by atoms with Crippen LogP contribution in [0.1, 0.15) is 32.1 Å². The SMILES string of the molecule is C1CC(CC2CO2)C(CC2CO2)CC1OCC1CO1. The first-order chi connectivity index (χ1) is 9.37. The maximum absolute atomic E-state index is 6.01. The van der Waals surface area contributed by atoms with Crippen LogP contribution < -0.4 is 0 Å². The van der Waals surface area contributed by atoms with E-state index in [9.17, 15) is 0 Å². The van der Waals surface area contributed by atoms with Crippen molar-refractivity contribution < 1.29 is 18.9 Å². The van der Waals surface area contributed by atoms with Gasteiger partial charge in [0, 0.05) is 0 Å². The van der Waals surface area contributed by atoms with E-state index in [0.717, 1.165) is 38.3 Å². The molecule has 1 saturated carbocycles. The fourth-order valence-corrected chi connectivity index (χ4v) is 3.53. The highest BCUT2D eigenvalue weighted by Crippen LogP contribution is 2.41. The van der Waals surface area contributed by atoms with Gasteiger partial charge in [0.2, 0.25) is 0 Å².